The summed E-state index contributed by atoms with van der Waals surface area (Å²) in [5.74, 6) is 1.94. The average Bonchev–Trinajstić information content (AvgIpc) is 2.98. The molecule has 1 radical (unpaired) electrons. The third kappa shape index (κ3) is 2.01. The van der Waals surface area contributed by atoms with Gasteiger partial charge in [0, 0.05) is 10.9 Å². The molecule has 0 N–H and O–H groups in total. The first-order valence-corrected chi connectivity index (χ1v) is 5.35. The van der Waals surface area contributed by atoms with Crippen LogP contribution in [0, 0.1) is 5.92 Å². The van der Waals surface area contributed by atoms with Crippen molar-refractivity contribution in [1.82, 2.24) is 0 Å². The van der Waals surface area contributed by atoms with E-state index in [-0.39, 0.29) is 0 Å². The maximum Gasteiger partial charge on any atom is 0.0411 e. The molecule has 0 unspecified atom stereocenters. The maximum absolute atomic E-state index is 6.08. The lowest BCUT2D eigenvalue weighted by Crippen LogP contribution is -1.92. The van der Waals surface area contributed by atoms with E-state index >= 15 is 0 Å². The minimum Gasteiger partial charge on any atom is -0.102 e. The highest BCUT2D eigenvalue weighted by atomic mass is 35.5. The van der Waals surface area contributed by atoms with E-state index in [1.54, 1.807) is 0 Å². The van der Waals surface area contributed by atoms with Crippen molar-refractivity contribution in [3.05, 3.63) is 52.9 Å². The van der Waals surface area contributed by atoms with Gasteiger partial charge in [0.15, 0.2) is 0 Å². The third-order valence-electron chi connectivity index (χ3n) is 2.73. The van der Waals surface area contributed by atoms with Crippen LogP contribution in [0.1, 0.15) is 36.8 Å². The van der Waals surface area contributed by atoms with Gasteiger partial charge >= 0.3 is 0 Å². The van der Waals surface area contributed by atoms with E-state index in [0.29, 0.717) is 0 Å². The zero-order valence-corrected chi connectivity index (χ0v) is 9.14. The quantitative estimate of drug-likeness (QED) is 0.689. The molecular formula is C13H14Cl. The minimum atomic E-state index is 0.755. The topological polar surface area (TPSA) is 0 Å². The predicted molar refractivity (Wildman–Crippen MR) is 61.6 cm³/mol. The molecular weight excluding hydrogens is 192 g/mol. The molecule has 0 bridgehead atoms. The van der Waals surface area contributed by atoms with Crippen LogP contribution < -0.4 is 0 Å². The van der Waals surface area contributed by atoms with Gasteiger partial charge in [-0.2, -0.15) is 0 Å². The lowest BCUT2D eigenvalue weighted by molar-refractivity contribution is 1.11. The molecule has 0 spiro atoms. The molecule has 1 saturated carbocycles. The van der Waals surface area contributed by atoms with Crippen LogP contribution in [0.15, 0.2) is 30.9 Å². The van der Waals surface area contributed by atoms with E-state index in [0.717, 1.165) is 10.9 Å². The highest BCUT2D eigenvalue weighted by Crippen LogP contribution is 2.41. The standard InChI is InChI=1S/C13H14Cl/c1-3-9(2)11-6-12(10-4-5-10)8-13(14)7-11/h3,6-8,10H,1,4-5H2,2H3. The molecule has 1 aliphatic carbocycles. The van der Waals surface area contributed by atoms with Gasteiger partial charge in [-0.1, -0.05) is 30.7 Å². The molecule has 2 rings (SSSR count). The lowest BCUT2D eigenvalue weighted by atomic mass is 9.98. The SMILES string of the molecule is C=C[C](C)c1cc(Cl)cc(C2CC2)c1. The van der Waals surface area contributed by atoms with Crippen LogP contribution in [0.2, 0.25) is 5.02 Å². The van der Waals surface area contributed by atoms with Crippen LogP contribution in [-0.2, 0) is 0 Å². The molecule has 0 saturated heterocycles. The second kappa shape index (κ2) is 3.78. The maximum atomic E-state index is 6.08. The van der Waals surface area contributed by atoms with Crippen molar-refractivity contribution in [2.45, 2.75) is 25.7 Å². The molecule has 0 amide bonds. The van der Waals surface area contributed by atoms with Gasteiger partial charge in [-0.3, -0.25) is 0 Å². The molecule has 1 aromatic rings. The Labute approximate surface area is 90.6 Å². The smallest absolute Gasteiger partial charge is 0.0411 e. The summed E-state index contributed by atoms with van der Waals surface area (Å²) in [5, 5.41) is 0.839. The summed E-state index contributed by atoms with van der Waals surface area (Å²) in [6.45, 7) is 5.84. The van der Waals surface area contributed by atoms with Crippen molar-refractivity contribution >= 4 is 11.6 Å². The summed E-state index contributed by atoms with van der Waals surface area (Å²) in [5.41, 5.74) is 2.59. The summed E-state index contributed by atoms with van der Waals surface area (Å²) >= 11 is 6.08. The average molecular weight is 206 g/mol. The Morgan fingerprint density at radius 2 is 2.14 bits per heavy atom. The van der Waals surface area contributed by atoms with Gasteiger partial charge in [0.05, 0.1) is 0 Å². The van der Waals surface area contributed by atoms with Crippen molar-refractivity contribution < 1.29 is 0 Å². The van der Waals surface area contributed by atoms with Gasteiger partial charge in [-0.15, -0.1) is 6.58 Å². The van der Waals surface area contributed by atoms with Gasteiger partial charge in [0.1, 0.15) is 0 Å². The molecule has 0 aliphatic heterocycles. The number of hydrogen-bond donors (Lipinski definition) is 0. The first-order valence-electron chi connectivity index (χ1n) is 4.97. The monoisotopic (exact) mass is 205 g/mol. The molecule has 0 atom stereocenters. The Morgan fingerprint density at radius 1 is 1.43 bits per heavy atom. The highest BCUT2D eigenvalue weighted by molar-refractivity contribution is 6.30. The predicted octanol–water partition coefficient (Wildman–Crippen LogP) is 4.35. The molecule has 1 aromatic carbocycles. The van der Waals surface area contributed by atoms with Crippen LogP contribution in [0.4, 0.5) is 0 Å². The first-order chi connectivity index (χ1) is 6.70. The molecule has 0 aromatic heterocycles. The fraction of sp³-hybridized carbons (Fsp3) is 0.308. The Balaban J connectivity index is 2.35. The van der Waals surface area contributed by atoms with Crippen LogP contribution in [-0.4, -0.2) is 0 Å². The highest BCUT2D eigenvalue weighted by Gasteiger charge is 2.24. The van der Waals surface area contributed by atoms with Crippen LogP contribution >= 0.6 is 11.6 Å². The number of hydrogen-bond acceptors (Lipinski definition) is 0. The minimum absolute atomic E-state index is 0.755. The first kappa shape index (κ1) is 9.79. The van der Waals surface area contributed by atoms with Crippen LogP contribution in [0.5, 0.6) is 0 Å². The Hall–Kier alpha value is -0.750. The normalized spacial score (nSPS) is 15.9. The summed E-state index contributed by atoms with van der Waals surface area (Å²) in [7, 11) is 0. The summed E-state index contributed by atoms with van der Waals surface area (Å²) in [4.78, 5) is 0. The van der Waals surface area contributed by atoms with Crippen molar-refractivity contribution in [1.29, 1.82) is 0 Å². The van der Waals surface area contributed by atoms with Gasteiger partial charge < -0.3 is 0 Å². The van der Waals surface area contributed by atoms with Gasteiger partial charge in [-0.05, 0) is 42.0 Å². The zero-order valence-electron chi connectivity index (χ0n) is 8.39. The van der Waals surface area contributed by atoms with E-state index in [9.17, 15) is 0 Å². The molecule has 1 aliphatic rings. The Kier molecular flexibility index (Phi) is 2.64. The van der Waals surface area contributed by atoms with E-state index in [1.807, 2.05) is 12.1 Å². The molecule has 1 fully saturated rings. The molecule has 73 valence electrons. The third-order valence-corrected chi connectivity index (χ3v) is 2.95. The Bertz CT molecular complexity index is 350. The van der Waals surface area contributed by atoms with Gasteiger partial charge in [0.2, 0.25) is 0 Å². The van der Waals surface area contributed by atoms with Gasteiger partial charge in [-0.25, -0.2) is 0 Å². The summed E-state index contributed by atoms with van der Waals surface area (Å²) in [6.07, 6.45) is 4.50. The summed E-state index contributed by atoms with van der Waals surface area (Å²) < 4.78 is 0. The summed E-state index contributed by atoms with van der Waals surface area (Å²) in [6, 6.07) is 6.32. The molecule has 1 heteroatoms. The zero-order chi connectivity index (χ0) is 10.1. The number of rotatable bonds is 3. The molecule has 14 heavy (non-hydrogen) atoms. The fourth-order valence-corrected chi connectivity index (χ4v) is 1.85. The van der Waals surface area contributed by atoms with E-state index in [2.05, 4.69) is 25.6 Å². The van der Waals surface area contributed by atoms with Crippen molar-refractivity contribution in [3.8, 4) is 0 Å². The van der Waals surface area contributed by atoms with Crippen LogP contribution in [0.3, 0.4) is 0 Å². The second-order valence-corrected chi connectivity index (χ2v) is 4.37. The van der Waals surface area contributed by atoms with E-state index in [4.69, 9.17) is 11.6 Å². The lowest BCUT2D eigenvalue weighted by Gasteiger charge is -2.08. The van der Waals surface area contributed by atoms with Gasteiger partial charge in [0.25, 0.3) is 0 Å². The molecule has 0 heterocycles. The van der Waals surface area contributed by atoms with E-state index < -0.39 is 0 Å². The fourth-order valence-electron chi connectivity index (χ4n) is 1.61. The molecule has 0 nitrogen and oxygen atoms in total. The number of halogens is 1. The van der Waals surface area contributed by atoms with Crippen molar-refractivity contribution in [2.75, 3.05) is 0 Å². The van der Waals surface area contributed by atoms with Crippen LogP contribution in [0.25, 0.3) is 0 Å². The van der Waals surface area contributed by atoms with Crippen molar-refractivity contribution in [3.63, 3.8) is 0 Å². The van der Waals surface area contributed by atoms with Crippen molar-refractivity contribution in [2.24, 2.45) is 0 Å². The Morgan fingerprint density at radius 3 is 2.71 bits per heavy atom. The number of benzene rings is 1. The van der Waals surface area contributed by atoms with E-state index in [1.165, 1.54) is 29.9 Å². The number of allylic oxidation sites excluding steroid dienone is 1. The second-order valence-electron chi connectivity index (χ2n) is 3.93. The largest absolute Gasteiger partial charge is 0.102 e.